The summed E-state index contributed by atoms with van der Waals surface area (Å²) in [6, 6.07) is 14.7. The van der Waals surface area contributed by atoms with Gasteiger partial charge in [0.1, 0.15) is 12.4 Å². The topological polar surface area (TPSA) is 47.6 Å². The molecule has 1 amide bonds. The Labute approximate surface area is 144 Å². The number of halogens is 1. The molecule has 0 radical (unpaired) electrons. The highest BCUT2D eigenvalue weighted by Crippen LogP contribution is 2.15. The van der Waals surface area contributed by atoms with E-state index in [-0.39, 0.29) is 5.91 Å². The fraction of sp³-hybridized carbons (Fsp3) is 0.235. The summed E-state index contributed by atoms with van der Waals surface area (Å²) in [6.45, 7) is 3.69. The summed E-state index contributed by atoms with van der Waals surface area (Å²) in [4.78, 5) is 12.1. The van der Waals surface area contributed by atoms with Crippen LogP contribution in [0, 0.1) is 3.57 Å². The van der Waals surface area contributed by atoms with E-state index in [0.29, 0.717) is 25.4 Å². The summed E-state index contributed by atoms with van der Waals surface area (Å²) in [6.07, 6.45) is 0. The molecule has 0 aliphatic heterocycles. The molecule has 4 nitrogen and oxygen atoms in total. The first-order chi connectivity index (χ1) is 10.7. The van der Waals surface area contributed by atoms with Crippen molar-refractivity contribution in [3.05, 3.63) is 57.7 Å². The molecule has 0 aliphatic rings. The number of nitrogens with one attached hydrogen (secondary N) is 1. The summed E-state index contributed by atoms with van der Waals surface area (Å²) < 4.78 is 11.8. The number of carbonyl (C=O) groups is 1. The molecule has 0 fully saturated rings. The Bertz CT molecular complexity index is 596. The van der Waals surface area contributed by atoms with Crippen molar-refractivity contribution in [2.24, 2.45) is 0 Å². The fourth-order valence-electron chi connectivity index (χ4n) is 1.80. The van der Waals surface area contributed by atoms with Crippen molar-refractivity contribution >= 4 is 34.2 Å². The number of amides is 1. The number of rotatable bonds is 7. The lowest BCUT2D eigenvalue weighted by molar-refractivity contribution is 0.102. The van der Waals surface area contributed by atoms with Crippen molar-refractivity contribution in [1.82, 2.24) is 0 Å². The van der Waals surface area contributed by atoms with Gasteiger partial charge in [-0.3, -0.25) is 4.79 Å². The largest absolute Gasteiger partial charge is 0.491 e. The van der Waals surface area contributed by atoms with E-state index in [0.717, 1.165) is 15.0 Å². The number of anilines is 1. The van der Waals surface area contributed by atoms with E-state index in [1.165, 1.54) is 0 Å². The average molecular weight is 411 g/mol. The Kier molecular flexibility index (Phi) is 6.67. The third kappa shape index (κ3) is 5.31. The molecule has 22 heavy (non-hydrogen) atoms. The van der Waals surface area contributed by atoms with Gasteiger partial charge in [0.05, 0.1) is 6.61 Å². The number of hydrogen-bond donors (Lipinski definition) is 1. The minimum Gasteiger partial charge on any atom is -0.491 e. The zero-order chi connectivity index (χ0) is 15.8. The standard InChI is InChI=1S/C17H18INO3/c1-2-21-11-12-22-16-9-3-13(4-10-16)17(20)19-15-7-5-14(18)6-8-15/h3-10H,2,11-12H2,1H3,(H,19,20). The first-order valence-corrected chi connectivity index (χ1v) is 8.14. The first kappa shape index (κ1) is 16.8. The van der Waals surface area contributed by atoms with Crippen LogP contribution in [-0.4, -0.2) is 25.7 Å². The molecule has 2 aromatic carbocycles. The maximum atomic E-state index is 12.1. The van der Waals surface area contributed by atoms with Gasteiger partial charge in [-0.15, -0.1) is 0 Å². The highest BCUT2D eigenvalue weighted by atomic mass is 127. The van der Waals surface area contributed by atoms with E-state index >= 15 is 0 Å². The molecule has 1 N–H and O–H groups in total. The summed E-state index contributed by atoms with van der Waals surface area (Å²) in [5.74, 6) is 0.590. The number of ether oxygens (including phenoxy) is 2. The molecule has 0 bridgehead atoms. The van der Waals surface area contributed by atoms with Crippen molar-refractivity contribution in [2.45, 2.75) is 6.92 Å². The summed E-state index contributed by atoms with van der Waals surface area (Å²) >= 11 is 2.23. The summed E-state index contributed by atoms with van der Waals surface area (Å²) in [7, 11) is 0. The van der Waals surface area contributed by atoms with Gasteiger partial charge in [-0.1, -0.05) is 0 Å². The van der Waals surface area contributed by atoms with Crippen LogP contribution in [0.2, 0.25) is 0 Å². The van der Waals surface area contributed by atoms with Crippen LogP contribution in [0.3, 0.4) is 0 Å². The number of benzene rings is 2. The lowest BCUT2D eigenvalue weighted by atomic mass is 10.2. The average Bonchev–Trinajstić information content (AvgIpc) is 2.54. The van der Waals surface area contributed by atoms with Gasteiger partial charge in [0.25, 0.3) is 5.91 Å². The van der Waals surface area contributed by atoms with Crippen LogP contribution in [-0.2, 0) is 4.74 Å². The molecular weight excluding hydrogens is 393 g/mol. The Hall–Kier alpha value is -1.60. The predicted octanol–water partition coefficient (Wildman–Crippen LogP) is 3.96. The van der Waals surface area contributed by atoms with Crippen LogP contribution in [0.5, 0.6) is 5.75 Å². The summed E-state index contributed by atoms with van der Waals surface area (Å²) in [5, 5.41) is 2.86. The molecule has 0 saturated heterocycles. The Balaban J connectivity index is 1.89. The Morgan fingerprint density at radius 2 is 1.73 bits per heavy atom. The molecule has 0 unspecified atom stereocenters. The third-order valence-corrected chi connectivity index (χ3v) is 3.64. The van der Waals surface area contributed by atoms with Crippen molar-refractivity contribution in [2.75, 3.05) is 25.1 Å². The van der Waals surface area contributed by atoms with Gasteiger partial charge in [0.15, 0.2) is 0 Å². The van der Waals surface area contributed by atoms with Crippen molar-refractivity contribution in [3.63, 3.8) is 0 Å². The van der Waals surface area contributed by atoms with E-state index in [2.05, 4.69) is 27.9 Å². The molecule has 0 saturated carbocycles. The van der Waals surface area contributed by atoms with Gasteiger partial charge >= 0.3 is 0 Å². The van der Waals surface area contributed by atoms with Crippen LogP contribution in [0.4, 0.5) is 5.69 Å². The van der Waals surface area contributed by atoms with E-state index < -0.39 is 0 Å². The van der Waals surface area contributed by atoms with Crippen LogP contribution >= 0.6 is 22.6 Å². The van der Waals surface area contributed by atoms with Gasteiger partial charge in [-0.05, 0) is 78.0 Å². The minimum atomic E-state index is -0.137. The van der Waals surface area contributed by atoms with Crippen LogP contribution in [0.25, 0.3) is 0 Å². The zero-order valence-electron chi connectivity index (χ0n) is 12.3. The Morgan fingerprint density at radius 1 is 1.05 bits per heavy atom. The number of hydrogen-bond acceptors (Lipinski definition) is 3. The second-order valence-electron chi connectivity index (χ2n) is 4.53. The molecule has 0 aromatic heterocycles. The SMILES string of the molecule is CCOCCOc1ccc(C(=O)Nc2ccc(I)cc2)cc1. The molecule has 0 aliphatic carbocycles. The van der Waals surface area contributed by atoms with E-state index in [1.54, 1.807) is 24.3 Å². The molecule has 0 atom stereocenters. The second kappa shape index (κ2) is 8.75. The maximum Gasteiger partial charge on any atom is 0.255 e. The quantitative estimate of drug-likeness (QED) is 0.555. The van der Waals surface area contributed by atoms with Gasteiger partial charge in [-0.2, -0.15) is 0 Å². The summed E-state index contributed by atoms with van der Waals surface area (Å²) in [5.41, 5.74) is 1.37. The first-order valence-electron chi connectivity index (χ1n) is 7.06. The van der Waals surface area contributed by atoms with Crippen LogP contribution < -0.4 is 10.1 Å². The molecule has 0 spiro atoms. The smallest absolute Gasteiger partial charge is 0.255 e. The highest BCUT2D eigenvalue weighted by molar-refractivity contribution is 14.1. The third-order valence-electron chi connectivity index (χ3n) is 2.92. The Morgan fingerprint density at radius 3 is 2.36 bits per heavy atom. The van der Waals surface area contributed by atoms with Crippen molar-refractivity contribution in [1.29, 1.82) is 0 Å². The van der Waals surface area contributed by atoms with E-state index in [4.69, 9.17) is 9.47 Å². The molecule has 0 heterocycles. The molecule has 2 aromatic rings. The van der Waals surface area contributed by atoms with Gasteiger partial charge in [-0.25, -0.2) is 0 Å². The monoisotopic (exact) mass is 411 g/mol. The molecule has 116 valence electrons. The predicted molar refractivity (Wildman–Crippen MR) is 95.5 cm³/mol. The second-order valence-corrected chi connectivity index (χ2v) is 5.78. The van der Waals surface area contributed by atoms with Crippen molar-refractivity contribution in [3.8, 4) is 5.75 Å². The normalized spacial score (nSPS) is 10.3. The molecular formula is C17H18INO3. The zero-order valence-corrected chi connectivity index (χ0v) is 14.5. The fourth-order valence-corrected chi connectivity index (χ4v) is 2.16. The van der Waals surface area contributed by atoms with Gasteiger partial charge in [0.2, 0.25) is 0 Å². The highest BCUT2D eigenvalue weighted by Gasteiger charge is 2.06. The minimum absolute atomic E-state index is 0.137. The maximum absolute atomic E-state index is 12.1. The molecule has 2 rings (SSSR count). The van der Waals surface area contributed by atoms with Crippen LogP contribution in [0.15, 0.2) is 48.5 Å². The van der Waals surface area contributed by atoms with E-state index in [9.17, 15) is 4.79 Å². The lowest BCUT2D eigenvalue weighted by Gasteiger charge is -2.08. The lowest BCUT2D eigenvalue weighted by Crippen LogP contribution is -2.12. The number of carbonyl (C=O) groups excluding carboxylic acids is 1. The van der Waals surface area contributed by atoms with Gasteiger partial charge < -0.3 is 14.8 Å². The van der Waals surface area contributed by atoms with Gasteiger partial charge in [0, 0.05) is 21.4 Å². The van der Waals surface area contributed by atoms with Crippen molar-refractivity contribution < 1.29 is 14.3 Å². The van der Waals surface area contributed by atoms with Crippen LogP contribution in [0.1, 0.15) is 17.3 Å². The molecule has 5 heteroatoms. The van der Waals surface area contributed by atoms with E-state index in [1.807, 2.05) is 31.2 Å².